The van der Waals surface area contributed by atoms with Crippen molar-refractivity contribution in [2.75, 3.05) is 5.32 Å². The van der Waals surface area contributed by atoms with Crippen molar-refractivity contribution in [1.82, 2.24) is 20.8 Å². The summed E-state index contributed by atoms with van der Waals surface area (Å²) >= 11 is 0. The van der Waals surface area contributed by atoms with E-state index in [0.717, 1.165) is 0 Å². The van der Waals surface area contributed by atoms with Crippen LogP contribution in [0.2, 0.25) is 0 Å². The molecule has 0 saturated heterocycles. The molecule has 1 aliphatic rings. The molecule has 2 aromatic heterocycles. The zero-order chi connectivity index (χ0) is 19.5. The Bertz CT molecular complexity index is 1030. The van der Waals surface area contributed by atoms with Gasteiger partial charge in [-0.2, -0.15) is 4.98 Å². The second-order valence-electron chi connectivity index (χ2n) is 6.03. The van der Waals surface area contributed by atoms with Gasteiger partial charge < -0.3 is 24.9 Å². The van der Waals surface area contributed by atoms with Crippen LogP contribution < -0.4 is 16.0 Å². The van der Waals surface area contributed by atoms with E-state index in [4.69, 9.17) is 8.94 Å². The first-order valence-electron chi connectivity index (χ1n) is 8.44. The topological polar surface area (TPSA) is 139 Å². The minimum atomic E-state index is -0.999. The number of nitrogens with zero attached hydrogens (tertiary/aromatic N) is 2. The highest BCUT2D eigenvalue weighted by Crippen LogP contribution is 2.19. The number of aromatic nitrogens is 2. The summed E-state index contributed by atoms with van der Waals surface area (Å²) in [5.41, 5.74) is 0.749. The number of carbonyl (C=O) groups excluding carboxylic acids is 3. The fourth-order valence-corrected chi connectivity index (χ4v) is 2.72. The van der Waals surface area contributed by atoms with Crippen LogP contribution in [0.5, 0.6) is 0 Å². The van der Waals surface area contributed by atoms with Crippen LogP contribution in [0.15, 0.2) is 51.6 Å². The fraction of sp³-hybridized carbons (Fsp3) is 0.167. The average molecular weight is 381 g/mol. The van der Waals surface area contributed by atoms with Crippen LogP contribution in [-0.2, 0) is 16.1 Å². The van der Waals surface area contributed by atoms with E-state index >= 15 is 0 Å². The molecular formula is C18H15N5O5. The number of amides is 3. The van der Waals surface area contributed by atoms with Crippen molar-refractivity contribution in [3.63, 3.8) is 0 Å². The minimum Gasteiger partial charge on any atom is -0.461 e. The summed E-state index contributed by atoms with van der Waals surface area (Å²) in [6, 6.07) is 9.00. The number of benzene rings is 1. The molecule has 1 unspecified atom stereocenters. The number of carbonyl (C=O) groups is 3. The largest absolute Gasteiger partial charge is 0.461 e. The van der Waals surface area contributed by atoms with Gasteiger partial charge in [-0.05, 0) is 24.3 Å². The Hall–Kier alpha value is -3.95. The summed E-state index contributed by atoms with van der Waals surface area (Å²) in [5.74, 6) is -0.454. The zero-order valence-electron chi connectivity index (χ0n) is 14.5. The molecule has 1 aromatic carbocycles. The third kappa shape index (κ3) is 3.61. The number of hydrogen-bond donors (Lipinski definition) is 3. The number of furan rings is 1. The lowest BCUT2D eigenvalue weighted by molar-refractivity contribution is -0.125. The molecule has 10 heteroatoms. The van der Waals surface area contributed by atoms with Gasteiger partial charge in [0.15, 0.2) is 5.76 Å². The number of fused-ring (bicyclic) bond motifs is 1. The number of rotatable bonds is 5. The van der Waals surface area contributed by atoms with Gasteiger partial charge in [0.25, 0.3) is 5.91 Å². The predicted molar refractivity (Wildman–Crippen MR) is 94.8 cm³/mol. The molecule has 0 aliphatic carbocycles. The van der Waals surface area contributed by atoms with E-state index in [2.05, 4.69) is 26.1 Å². The van der Waals surface area contributed by atoms with Gasteiger partial charge in [-0.1, -0.05) is 17.3 Å². The lowest BCUT2D eigenvalue weighted by atomic mass is 10.1. The van der Waals surface area contributed by atoms with Crippen molar-refractivity contribution in [3.05, 3.63) is 54.1 Å². The maximum atomic E-state index is 12.3. The van der Waals surface area contributed by atoms with Crippen molar-refractivity contribution in [1.29, 1.82) is 0 Å². The lowest BCUT2D eigenvalue weighted by Crippen LogP contribution is -2.44. The van der Waals surface area contributed by atoms with Gasteiger partial charge in [0.2, 0.25) is 23.5 Å². The van der Waals surface area contributed by atoms with Crippen molar-refractivity contribution < 1.29 is 23.3 Å². The number of nitrogens with one attached hydrogen (secondary N) is 3. The van der Waals surface area contributed by atoms with Crippen LogP contribution in [0.4, 0.5) is 5.69 Å². The summed E-state index contributed by atoms with van der Waals surface area (Å²) in [7, 11) is 0. The molecule has 142 valence electrons. The molecule has 3 amide bonds. The van der Waals surface area contributed by atoms with Gasteiger partial charge >= 0.3 is 0 Å². The van der Waals surface area contributed by atoms with Crippen molar-refractivity contribution >= 4 is 23.4 Å². The second kappa shape index (κ2) is 7.35. The van der Waals surface area contributed by atoms with Crippen molar-refractivity contribution in [2.24, 2.45) is 0 Å². The van der Waals surface area contributed by atoms with E-state index in [-0.39, 0.29) is 24.7 Å². The Morgan fingerprint density at radius 2 is 2.04 bits per heavy atom. The van der Waals surface area contributed by atoms with Gasteiger partial charge in [0.05, 0.1) is 30.5 Å². The zero-order valence-corrected chi connectivity index (χ0v) is 14.5. The highest BCUT2D eigenvalue weighted by atomic mass is 16.5. The molecule has 0 bridgehead atoms. The van der Waals surface area contributed by atoms with Gasteiger partial charge in [0.1, 0.15) is 6.04 Å². The summed E-state index contributed by atoms with van der Waals surface area (Å²) < 4.78 is 10.2. The number of anilines is 1. The van der Waals surface area contributed by atoms with Gasteiger partial charge in [-0.3, -0.25) is 14.4 Å². The Morgan fingerprint density at radius 1 is 1.18 bits per heavy atom. The number of para-hydroxylation sites is 1. The van der Waals surface area contributed by atoms with E-state index in [9.17, 15) is 14.4 Å². The summed E-state index contributed by atoms with van der Waals surface area (Å²) in [6.07, 6.45) is 1.25. The van der Waals surface area contributed by atoms with Gasteiger partial charge in [-0.25, -0.2) is 0 Å². The molecule has 0 fully saturated rings. The van der Waals surface area contributed by atoms with Crippen LogP contribution in [0.25, 0.3) is 11.6 Å². The molecule has 3 heterocycles. The van der Waals surface area contributed by atoms with Crippen LogP contribution in [0.1, 0.15) is 22.7 Å². The average Bonchev–Trinajstić information content (AvgIpc) is 3.35. The Balaban J connectivity index is 1.35. The SMILES string of the molecule is O=C(CC1NC(=O)c2ccccc2NC1=O)NCc1nc(-c2ccco2)no1. The summed E-state index contributed by atoms with van der Waals surface area (Å²) in [5, 5.41) is 11.6. The Kier molecular flexibility index (Phi) is 4.58. The monoisotopic (exact) mass is 381 g/mol. The highest BCUT2D eigenvalue weighted by Gasteiger charge is 2.29. The first kappa shape index (κ1) is 17.5. The van der Waals surface area contributed by atoms with E-state index in [1.54, 1.807) is 36.4 Å². The Morgan fingerprint density at radius 3 is 2.86 bits per heavy atom. The maximum absolute atomic E-state index is 12.3. The quantitative estimate of drug-likeness (QED) is 0.601. The van der Waals surface area contributed by atoms with Gasteiger partial charge in [0, 0.05) is 0 Å². The van der Waals surface area contributed by atoms with E-state index in [0.29, 0.717) is 17.0 Å². The molecule has 1 aliphatic heterocycles. The van der Waals surface area contributed by atoms with Crippen LogP contribution in [0.3, 0.4) is 0 Å². The fourth-order valence-electron chi connectivity index (χ4n) is 2.72. The molecule has 3 aromatic rings. The molecule has 0 saturated carbocycles. The first-order chi connectivity index (χ1) is 13.6. The van der Waals surface area contributed by atoms with Crippen molar-refractivity contribution in [3.8, 4) is 11.6 Å². The molecule has 0 radical (unpaired) electrons. The third-order valence-corrected chi connectivity index (χ3v) is 4.09. The molecule has 28 heavy (non-hydrogen) atoms. The smallest absolute Gasteiger partial charge is 0.254 e. The molecule has 10 nitrogen and oxygen atoms in total. The molecular weight excluding hydrogens is 366 g/mol. The van der Waals surface area contributed by atoms with E-state index in [1.165, 1.54) is 6.26 Å². The predicted octanol–water partition coefficient (Wildman–Crippen LogP) is 1.09. The first-order valence-corrected chi connectivity index (χ1v) is 8.44. The maximum Gasteiger partial charge on any atom is 0.254 e. The van der Waals surface area contributed by atoms with Crippen LogP contribution in [0, 0.1) is 0 Å². The molecule has 3 N–H and O–H groups in total. The van der Waals surface area contributed by atoms with Gasteiger partial charge in [-0.15, -0.1) is 0 Å². The number of hydrogen-bond acceptors (Lipinski definition) is 7. The highest BCUT2D eigenvalue weighted by molar-refractivity contribution is 6.10. The van der Waals surface area contributed by atoms with Crippen LogP contribution in [-0.4, -0.2) is 33.9 Å². The normalized spacial score (nSPS) is 15.9. The minimum absolute atomic E-state index is 0.0188. The third-order valence-electron chi connectivity index (χ3n) is 4.09. The Labute approximate surface area is 158 Å². The molecule has 1 atom stereocenters. The summed E-state index contributed by atoms with van der Waals surface area (Å²) in [6.45, 7) is -0.0188. The standard InChI is InChI=1S/C18H15N5O5/c24-14(19-9-15-22-16(23-28-15)13-6-3-7-27-13)8-12-18(26)20-11-5-2-1-4-10(11)17(25)21-12/h1-7,12H,8-9H2,(H,19,24)(H,20,26)(H,21,25). The summed E-state index contributed by atoms with van der Waals surface area (Å²) in [4.78, 5) is 40.9. The lowest BCUT2D eigenvalue weighted by Gasteiger charge is -2.13. The van der Waals surface area contributed by atoms with E-state index in [1.807, 2.05) is 0 Å². The molecule has 0 spiro atoms. The second-order valence-corrected chi connectivity index (χ2v) is 6.03. The molecule has 4 rings (SSSR count). The van der Waals surface area contributed by atoms with Crippen LogP contribution >= 0.6 is 0 Å². The van der Waals surface area contributed by atoms with E-state index < -0.39 is 23.8 Å². The van der Waals surface area contributed by atoms with Crippen molar-refractivity contribution in [2.45, 2.75) is 19.0 Å².